The van der Waals surface area contributed by atoms with Gasteiger partial charge in [0.15, 0.2) is 4.67 Å². The number of furan rings is 1. The van der Waals surface area contributed by atoms with E-state index in [1.54, 1.807) is 0 Å². The Morgan fingerprint density at radius 1 is 1.53 bits per heavy atom. The van der Waals surface area contributed by atoms with Crippen molar-refractivity contribution in [3.63, 3.8) is 0 Å². The molecule has 1 amide bonds. The van der Waals surface area contributed by atoms with E-state index in [1.807, 2.05) is 19.9 Å². The lowest BCUT2D eigenvalue weighted by molar-refractivity contribution is -0.122. The fourth-order valence-corrected chi connectivity index (χ4v) is 1.88. The molecule has 4 nitrogen and oxygen atoms in total. The van der Waals surface area contributed by atoms with Crippen LogP contribution < -0.4 is 10.6 Å². The standard InChI is InChI=1S/C11H16Br2N2O2/c1-3-4-14-11(16)7(2)15-6-8-5-9(12)10(13)17-8/h5,7,15H,3-4,6H2,1-2H3,(H,14,16). The van der Waals surface area contributed by atoms with Crippen LogP contribution in [0.2, 0.25) is 0 Å². The first kappa shape index (κ1) is 14.7. The maximum Gasteiger partial charge on any atom is 0.236 e. The third-order valence-electron chi connectivity index (χ3n) is 2.22. The van der Waals surface area contributed by atoms with E-state index in [-0.39, 0.29) is 11.9 Å². The number of amides is 1. The summed E-state index contributed by atoms with van der Waals surface area (Å²) in [5.41, 5.74) is 0. The normalized spacial score (nSPS) is 12.5. The van der Waals surface area contributed by atoms with Crippen molar-refractivity contribution in [3.8, 4) is 0 Å². The predicted octanol–water partition coefficient (Wildman–Crippen LogP) is 2.81. The highest BCUT2D eigenvalue weighted by Gasteiger charge is 2.12. The van der Waals surface area contributed by atoms with Crippen molar-refractivity contribution >= 4 is 37.8 Å². The van der Waals surface area contributed by atoms with Crippen LogP contribution in [0.1, 0.15) is 26.0 Å². The van der Waals surface area contributed by atoms with Crippen molar-refractivity contribution in [2.75, 3.05) is 6.54 Å². The van der Waals surface area contributed by atoms with Gasteiger partial charge in [-0.05, 0) is 51.3 Å². The summed E-state index contributed by atoms with van der Waals surface area (Å²) in [6.45, 7) is 5.09. The first-order valence-electron chi connectivity index (χ1n) is 5.49. The van der Waals surface area contributed by atoms with Crippen LogP contribution >= 0.6 is 31.9 Å². The molecule has 0 saturated heterocycles. The zero-order chi connectivity index (χ0) is 12.8. The third kappa shape index (κ3) is 4.81. The minimum Gasteiger partial charge on any atom is -0.452 e. The fourth-order valence-electron chi connectivity index (χ4n) is 1.23. The Labute approximate surface area is 118 Å². The van der Waals surface area contributed by atoms with Gasteiger partial charge < -0.3 is 9.73 Å². The van der Waals surface area contributed by atoms with Gasteiger partial charge in [-0.15, -0.1) is 0 Å². The highest BCUT2D eigenvalue weighted by molar-refractivity contribution is 9.13. The Kier molecular flexibility index (Phi) is 6.22. The molecule has 6 heteroatoms. The molecule has 1 aromatic rings. The molecule has 17 heavy (non-hydrogen) atoms. The van der Waals surface area contributed by atoms with Gasteiger partial charge >= 0.3 is 0 Å². The van der Waals surface area contributed by atoms with Crippen molar-refractivity contribution < 1.29 is 9.21 Å². The van der Waals surface area contributed by atoms with E-state index in [9.17, 15) is 4.79 Å². The number of halogens is 2. The molecule has 0 aliphatic carbocycles. The summed E-state index contributed by atoms with van der Waals surface area (Å²) in [7, 11) is 0. The number of hydrogen-bond acceptors (Lipinski definition) is 3. The molecule has 0 radical (unpaired) electrons. The number of carbonyl (C=O) groups is 1. The Morgan fingerprint density at radius 2 is 2.24 bits per heavy atom. The van der Waals surface area contributed by atoms with E-state index >= 15 is 0 Å². The number of carbonyl (C=O) groups excluding carboxylic acids is 1. The first-order chi connectivity index (χ1) is 8.04. The minimum absolute atomic E-state index is 0.0107. The zero-order valence-electron chi connectivity index (χ0n) is 9.85. The van der Waals surface area contributed by atoms with Crippen LogP contribution in [-0.4, -0.2) is 18.5 Å². The summed E-state index contributed by atoms with van der Waals surface area (Å²) >= 11 is 6.60. The van der Waals surface area contributed by atoms with Crippen LogP contribution in [-0.2, 0) is 11.3 Å². The molecule has 0 fully saturated rings. The molecule has 2 N–H and O–H groups in total. The maximum atomic E-state index is 11.6. The number of rotatable bonds is 6. The van der Waals surface area contributed by atoms with Crippen molar-refractivity contribution in [1.82, 2.24) is 10.6 Å². The SMILES string of the molecule is CCCNC(=O)C(C)NCc1cc(Br)c(Br)o1. The topological polar surface area (TPSA) is 54.3 Å². The van der Waals surface area contributed by atoms with Gasteiger partial charge in [-0.1, -0.05) is 6.92 Å². The average molecular weight is 368 g/mol. The third-order valence-corrected chi connectivity index (χ3v) is 3.93. The van der Waals surface area contributed by atoms with Crippen molar-refractivity contribution in [2.45, 2.75) is 32.9 Å². The van der Waals surface area contributed by atoms with Crippen molar-refractivity contribution in [3.05, 3.63) is 21.0 Å². The van der Waals surface area contributed by atoms with Crippen molar-refractivity contribution in [1.29, 1.82) is 0 Å². The second-order valence-corrected chi connectivity index (χ2v) is 5.30. The molecule has 1 heterocycles. The lowest BCUT2D eigenvalue weighted by Gasteiger charge is -2.12. The van der Waals surface area contributed by atoms with Crippen molar-refractivity contribution in [2.24, 2.45) is 0 Å². The van der Waals surface area contributed by atoms with Gasteiger partial charge in [0.2, 0.25) is 5.91 Å². The van der Waals surface area contributed by atoms with E-state index in [4.69, 9.17) is 4.42 Å². The van der Waals surface area contributed by atoms with E-state index in [2.05, 4.69) is 42.5 Å². The van der Waals surface area contributed by atoms with Crippen LogP contribution in [0.4, 0.5) is 0 Å². The van der Waals surface area contributed by atoms with Gasteiger partial charge in [-0.3, -0.25) is 10.1 Å². The van der Waals surface area contributed by atoms with E-state index in [0.717, 1.165) is 16.7 Å². The van der Waals surface area contributed by atoms with Crippen LogP contribution in [0.15, 0.2) is 19.6 Å². The van der Waals surface area contributed by atoms with Gasteiger partial charge in [-0.2, -0.15) is 0 Å². The Morgan fingerprint density at radius 3 is 2.76 bits per heavy atom. The van der Waals surface area contributed by atoms with E-state index in [1.165, 1.54) is 0 Å². The molecule has 1 rings (SSSR count). The molecule has 0 aliphatic heterocycles. The number of hydrogen-bond donors (Lipinski definition) is 2. The lowest BCUT2D eigenvalue weighted by atomic mass is 10.3. The molecular weight excluding hydrogens is 352 g/mol. The molecule has 1 aromatic heterocycles. The Bertz CT molecular complexity index is 360. The fraction of sp³-hybridized carbons (Fsp3) is 0.545. The van der Waals surface area contributed by atoms with Crippen LogP contribution in [0.5, 0.6) is 0 Å². The summed E-state index contributed by atoms with van der Waals surface area (Å²) in [6.07, 6.45) is 0.941. The molecule has 1 unspecified atom stereocenters. The van der Waals surface area contributed by atoms with Gasteiger partial charge in [0.25, 0.3) is 0 Å². The molecule has 0 spiro atoms. The molecule has 0 aromatic carbocycles. The van der Waals surface area contributed by atoms with Gasteiger partial charge in [0, 0.05) is 6.54 Å². The Hall–Kier alpha value is -0.330. The monoisotopic (exact) mass is 366 g/mol. The Balaban J connectivity index is 2.37. The maximum absolute atomic E-state index is 11.6. The lowest BCUT2D eigenvalue weighted by Crippen LogP contribution is -2.41. The van der Waals surface area contributed by atoms with E-state index < -0.39 is 0 Å². The average Bonchev–Trinajstić information content (AvgIpc) is 2.62. The zero-order valence-corrected chi connectivity index (χ0v) is 13.0. The summed E-state index contributed by atoms with van der Waals surface area (Å²) in [6, 6.07) is 1.64. The summed E-state index contributed by atoms with van der Waals surface area (Å²) in [5, 5.41) is 5.94. The van der Waals surface area contributed by atoms with Gasteiger partial charge in [-0.25, -0.2) is 0 Å². The van der Waals surface area contributed by atoms with Crippen LogP contribution in [0.3, 0.4) is 0 Å². The van der Waals surface area contributed by atoms with Gasteiger partial charge in [0.05, 0.1) is 17.1 Å². The molecule has 0 saturated carbocycles. The quantitative estimate of drug-likeness (QED) is 0.812. The summed E-state index contributed by atoms with van der Waals surface area (Å²) < 4.78 is 6.94. The smallest absolute Gasteiger partial charge is 0.236 e. The number of nitrogens with one attached hydrogen (secondary N) is 2. The summed E-state index contributed by atoms with van der Waals surface area (Å²) in [5.74, 6) is 0.787. The second kappa shape index (κ2) is 7.18. The van der Waals surface area contributed by atoms with Crippen LogP contribution in [0, 0.1) is 0 Å². The minimum atomic E-state index is -0.232. The molecule has 1 atom stereocenters. The molecule has 96 valence electrons. The molecular formula is C11H16Br2N2O2. The van der Waals surface area contributed by atoms with Crippen LogP contribution in [0.25, 0.3) is 0 Å². The molecule has 0 bridgehead atoms. The largest absolute Gasteiger partial charge is 0.452 e. The van der Waals surface area contributed by atoms with Gasteiger partial charge in [0.1, 0.15) is 5.76 Å². The first-order valence-corrected chi connectivity index (χ1v) is 7.08. The summed E-state index contributed by atoms with van der Waals surface area (Å²) in [4.78, 5) is 11.6. The second-order valence-electron chi connectivity index (χ2n) is 3.73. The molecule has 0 aliphatic rings. The highest BCUT2D eigenvalue weighted by Crippen LogP contribution is 2.26. The predicted molar refractivity (Wildman–Crippen MR) is 73.7 cm³/mol. The highest BCUT2D eigenvalue weighted by atomic mass is 79.9. The van der Waals surface area contributed by atoms with E-state index in [0.29, 0.717) is 17.8 Å².